The number of hydrogen-bond donors (Lipinski definition) is 0. The zero-order chi connectivity index (χ0) is 18.3. The molecule has 26 heavy (non-hydrogen) atoms. The van der Waals surface area contributed by atoms with Crippen LogP contribution in [0.15, 0.2) is 24.4 Å². The van der Waals surface area contributed by atoms with E-state index in [0.717, 1.165) is 18.5 Å². The van der Waals surface area contributed by atoms with Gasteiger partial charge in [0.2, 0.25) is 6.79 Å². The van der Waals surface area contributed by atoms with Crippen LogP contribution in [0.4, 0.5) is 0 Å². The van der Waals surface area contributed by atoms with E-state index < -0.39 is 0 Å². The first-order chi connectivity index (χ1) is 12.4. The first-order valence-electron chi connectivity index (χ1n) is 9.03. The van der Waals surface area contributed by atoms with E-state index in [4.69, 9.17) is 9.47 Å². The largest absolute Gasteiger partial charge is 0.454 e. The Hall–Kier alpha value is -2.57. The van der Waals surface area contributed by atoms with Gasteiger partial charge >= 0.3 is 0 Å². The normalized spacial score (nSPS) is 17.6. The van der Waals surface area contributed by atoms with Crippen LogP contribution < -0.4 is 9.47 Å². The Labute approximate surface area is 152 Å². The Balaban J connectivity index is 1.40. The zero-order valence-corrected chi connectivity index (χ0v) is 15.4. The van der Waals surface area contributed by atoms with Gasteiger partial charge in [-0.15, -0.1) is 5.10 Å². The summed E-state index contributed by atoms with van der Waals surface area (Å²) in [5, 5.41) is 8.61. The third-order valence-corrected chi connectivity index (χ3v) is 5.02. The van der Waals surface area contributed by atoms with Crippen LogP contribution in [0.3, 0.4) is 0 Å². The van der Waals surface area contributed by atoms with E-state index in [9.17, 15) is 4.79 Å². The smallest absolute Gasteiger partial charge is 0.253 e. The monoisotopic (exact) mass is 356 g/mol. The number of fused-ring (bicyclic) bond motifs is 1. The van der Waals surface area contributed by atoms with Gasteiger partial charge in [-0.05, 0) is 31.0 Å². The molecule has 1 aromatic heterocycles. The molecule has 1 fully saturated rings. The molecule has 7 heteroatoms. The summed E-state index contributed by atoms with van der Waals surface area (Å²) in [6, 6.07) is 5.66. The summed E-state index contributed by atoms with van der Waals surface area (Å²) >= 11 is 0. The van der Waals surface area contributed by atoms with Gasteiger partial charge in [0, 0.05) is 30.3 Å². The third-order valence-electron chi connectivity index (χ3n) is 5.02. The van der Waals surface area contributed by atoms with Gasteiger partial charge in [0.1, 0.15) is 0 Å². The topological polar surface area (TPSA) is 69.5 Å². The first kappa shape index (κ1) is 16.9. The van der Waals surface area contributed by atoms with E-state index in [-0.39, 0.29) is 18.1 Å². The SMILES string of the molecule is CC(C)(C)c1cn(C2CCN(C(=O)c3ccc4c(c3)OCO4)CC2)nn1. The van der Waals surface area contributed by atoms with E-state index in [0.29, 0.717) is 36.2 Å². The molecular weight excluding hydrogens is 332 g/mol. The fraction of sp³-hybridized carbons (Fsp3) is 0.526. The van der Waals surface area contributed by atoms with Crippen molar-refractivity contribution in [2.45, 2.75) is 45.1 Å². The molecule has 0 spiro atoms. The maximum absolute atomic E-state index is 12.8. The van der Waals surface area contributed by atoms with Gasteiger partial charge in [0.15, 0.2) is 11.5 Å². The van der Waals surface area contributed by atoms with Crippen LogP contribution in [0.1, 0.15) is 55.7 Å². The molecule has 3 heterocycles. The lowest BCUT2D eigenvalue weighted by Crippen LogP contribution is -2.39. The summed E-state index contributed by atoms with van der Waals surface area (Å²) in [4.78, 5) is 14.7. The number of carbonyl (C=O) groups is 1. The summed E-state index contributed by atoms with van der Waals surface area (Å²) in [7, 11) is 0. The number of piperidine rings is 1. The van der Waals surface area contributed by atoms with Crippen molar-refractivity contribution in [2.24, 2.45) is 0 Å². The highest BCUT2D eigenvalue weighted by molar-refractivity contribution is 5.95. The molecule has 1 saturated heterocycles. The van der Waals surface area contributed by atoms with E-state index in [1.165, 1.54) is 0 Å². The van der Waals surface area contributed by atoms with Gasteiger partial charge < -0.3 is 14.4 Å². The second-order valence-electron chi connectivity index (χ2n) is 7.93. The highest BCUT2D eigenvalue weighted by Crippen LogP contribution is 2.33. The van der Waals surface area contributed by atoms with Crippen LogP contribution in [0.25, 0.3) is 0 Å². The highest BCUT2D eigenvalue weighted by atomic mass is 16.7. The summed E-state index contributed by atoms with van der Waals surface area (Å²) in [5.74, 6) is 1.37. The fourth-order valence-corrected chi connectivity index (χ4v) is 3.34. The molecule has 4 rings (SSSR count). The molecule has 7 nitrogen and oxygen atoms in total. The number of hydrogen-bond acceptors (Lipinski definition) is 5. The Kier molecular flexibility index (Phi) is 4.09. The summed E-state index contributed by atoms with van der Waals surface area (Å²) in [6.45, 7) is 8.04. The van der Waals surface area contributed by atoms with E-state index in [1.54, 1.807) is 18.2 Å². The highest BCUT2D eigenvalue weighted by Gasteiger charge is 2.27. The average molecular weight is 356 g/mol. The second kappa shape index (κ2) is 6.30. The first-order valence-corrected chi connectivity index (χ1v) is 9.03. The van der Waals surface area contributed by atoms with Gasteiger partial charge in [-0.2, -0.15) is 0 Å². The summed E-state index contributed by atoms with van der Waals surface area (Å²) in [5.41, 5.74) is 1.63. The van der Waals surface area contributed by atoms with Crippen molar-refractivity contribution in [3.63, 3.8) is 0 Å². The van der Waals surface area contributed by atoms with E-state index in [2.05, 4.69) is 31.1 Å². The molecule has 0 saturated carbocycles. The molecule has 1 amide bonds. The number of benzene rings is 1. The van der Waals surface area contributed by atoms with Crippen molar-refractivity contribution in [1.29, 1.82) is 0 Å². The van der Waals surface area contributed by atoms with Crippen LogP contribution in [0.2, 0.25) is 0 Å². The molecular formula is C19H24N4O3. The number of likely N-dealkylation sites (tertiary alicyclic amines) is 1. The van der Waals surface area contributed by atoms with Crippen LogP contribution in [0.5, 0.6) is 11.5 Å². The fourth-order valence-electron chi connectivity index (χ4n) is 3.34. The van der Waals surface area contributed by atoms with Gasteiger partial charge in [0.25, 0.3) is 5.91 Å². The van der Waals surface area contributed by atoms with Crippen molar-refractivity contribution in [1.82, 2.24) is 19.9 Å². The van der Waals surface area contributed by atoms with Crippen LogP contribution in [-0.2, 0) is 5.41 Å². The number of aromatic nitrogens is 3. The Bertz CT molecular complexity index is 816. The third kappa shape index (κ3) is 3.13. The predicted molar refractivity (Wildman–Crippen MR) is 95.5 cm³/mol. The predicted octanol–water partition coefficient (Wildman–Crippen LogP) is 2.78. The van der Waals surface area contributed by atoms with Gasteiger partial charge in [-0.3, -0.25) is 4.79 Å². The standard InChI is InChI=1S/C19H24N4O3/c1-19(2,3)17-11-23(21-20-17)14-6-8-22(9-7-14)18(24)13-4-5-15-16(10-13)26-12-25-15/h4-5,10-11,14H,6-9,12H2,1-3H3. The van der Waals surface area contributed by atoms with Crippen LogP contribution in [0, 0.1) is 0 Å². The maximum atomic E-state index is 12.8. The maximum Gasteiger partial charge on any atom is 0.253 e. The van der Waals surface area contributed by atoms with Gasteiger partial charge in [0.05, 0.1) is 11.7 Å². The van der Waals surface area contributed by atoms with Crippen molar-refractivity contribution < 1.29 is 14.3 Å². The lowest BCUT2D eigenvalue weighted by molar-refractivity contribution is 0.0689. The van der Waals surface area contributed by atoms with Crippen molar-refractivity contribution in [3.8, 4) is 11.5 Å². The summed E-state index contributed by atoms with van der Waals surface area (Å²) in [6.07, 6.45) is 3.80. The second-order valence-corrected chi connectivity index (χ2v) is 7.93. The minimum Gasteiger partial charge on any atom is -0.454 e. The molecule has 2 aromatic rings. The lowest BCUT2D eigenvalue weighted by Gasteiger charge is -2.32. The Morgan fingerprint density at radius 3 is 2.58 bits per heavy atom. The summed E-state index contributed by atoms with van der Waals surface area (Å²) < 4.78 is 12.6. The van der Waals surface area contributed by atoms with Crippen LogP contribution >= 0.6 is 0 Å². The molecule has 0 unspecified atom stereocenters. The molecule has 0 bridgehead atoms. The zero-order valence-electron chi connectivity index (χ0n) is 15.4. The molecule has 1 aromatic carbocycles. The van der Waals surface area contributed by atoms with E-state index >= 15 is 0 Å². The Morgan fingerprint density at radius 2 is 1.88 bits per heavy atom. The minimum absolute atomic E-state index is 0.00568. The molecule has 2 aliphatic heterocycles. The molecule has 0 N–H and O–H groups in total. The molecule has 0 radical (unpaired) electrons. The van der Waals surface area contributed by atoms with Crippen molar-refractivity contribution in [2.75, 3.05) is 19.9 Å². The van der Waals surface area contributed by atoms with Crippen molar-refractivity contribution >= 4 is 5.91 Å². The number of ether oxygens (including phenoxy) is 2. The lowest BCUT2D eigenvalue weighted by atomic mass is 9.93. The molecule has 138 valence electrons. The minimum atomic E-state index is -0.00568. The molecule has 0 atom stereocenters. The van der Waals surface area contributed by atoms with Crippen molar-refractivity contribution in [3.05, 3.63) is 35.7 Å². The molecule has 2 aliphatic rings. The number of rotatable bonds is 2. The average Bonchev–Trinajstić information content (AvgIpc) is 3.29. The Morgan fingerprint density at radius 1 is 1.15 bits per heavy atom. The quantitative estimate of drug-likeness (QED) is 0.828. The van der Waals surface area contributed by atoms with Gasteiger partial charge in [-0.1, -0.05) is 26.0 Å². The molecule has 0 aliphatic carbocycles. The number of nitrogens with zero attached hydrogens (tertiary/aromatic N) is 4. The van der Waals surface area contributed by atoms with Gasteiger partial charge in [-0.25, -0.2) is 4.68 Å². The number of carbonyl (C=O) groups excluding carboxylic acids is 1. The number of amides is 1. The van der Waals surface area contributed by atoms with E-state index in [1.807, 2.05) is 15.8 Å². The van der Waals surface area contributed by atoms with Crippen LogP contribution in [-0.4, -0.2) is 45.7 Å².